The van der Waals surface area contributed by atoms with E-state index in [0.717, 1.165) is 101 Å². The molecule has 0 aromatic carbocycles. The van der Waals surface area contributed by atoms with Crippen LogP contribution in [0.3, 0.4) is 0 Å². The summed E-state index contributed by atoms with van der Waals surface area (Å²) in [5, 5.41) is 33.2. The van der Waals surface area contributed by atoms with E-state index in [1.165, 1.54) is 103 Å². The Kier molecular flexibility index (Phi) is 18.5. The molecule has 4 unspecified atom stereocenters. The topological polar surface area (TPSA) is 92.4 Å². The molecule has 1 aliphatic heterocycles. The summed E-state index contributed by atoms with van der Waals surface area (Å²) in [5.41, 5.74) is 1.07. The number of fused-ring (bicyclic) bond motifs is 6. The average Bonchev–Trinajstić information content (AvgIpc) is 3.48. The first-order chi connectivity index (χ1) is 24.8. The summed E-state index contributed by atoms with van der Waals surface area (Å²) in [7, 11) is 9.59. The fourth-order valence-electron chi connectivity index (χ4n) is 12.9. The molecule has 6 rings (SSSR count). The van der Waals surface area contributed by atoms with Crippen molar-refractivity contribution in [3.63, 3.8) is 0 Å². The zero-order chi connectivity index (χ0) is 36.1. The van der Waals surface area contributed by atoms with Crippen molar-refractivity contribution < 1.29 is 18.2 Å². The van der Waals surface area contributed by atoms with Gasteiger partial charge in [-0.1, -0.05) is 33.6 Å². The number of nitrogens with one attached hydrogen (secondary N) is 6. The third-order valence-corrected chi connectivity index (χ3v) is 15.6. The Labute approximate surface area is 328 Å². The molecule has 0 aromatic heterocycles. The van der Waals surface area contributed by atoms with E-state index < -0.39 is 0 Å². The van der Waals surface area contributed by atoms with E-state index in [9.17, 15) is 5.11 Å². The Balaban J connectivity index is 0.00000162. The van der Waals surface area contributed by atoms with Crippen LogP contribution in [-0.2, 0) is 13.1 Å². The maximum atomic E-state index is 10.4. The first kappa shape index (κ1) is 43.0. The predicted molar refractivity (Wildman–Crippen MR) is 213 cm³/mol. The van der Waals surface area contributed by atoms with Crippen molar-refractivity contribution in [2.75, 3.05) is 58.9 Å². The zero-order valence-electron chi connectivity index (χ0n) is 32.7. The predicted octanol–water partition coefficient (Wildman–Crippen LogP) is 6.81. The molecular formula is C41H78Cl2MnN6O. The van der Waals surface area contributed by atoms with Gasteiger partial charge >= 0.3 is 33.3 Å². The summed E-state index contributed by atoms with van der Waals surface area (Å²) < 4.78 is 0. The third kappa shape index (κ3) is 11.7. The number of rotatable bonds is 9. The van der Waals surface area contributed by atoms with Crippen molar-refractivity contribution in [2.24, 2.45) is 46.3 Å². The van der Waals surface area contributed by atoms with E-state index in [0.29, 0.717) is 29.0 Å². The molecule has 7 N–H and O–H groups in total. The molecule has 0 amide bonds. The molecule has 12 atom stereocenters. The first-order valence-electron chi connectivity index (χ1n) is 21.7. The molecule has 5 saturated carbocycles. The fraction of sp³-hybridized carbons (Fsp3) is 1.00. The van der Waals surface area contributed by atoms with Gasteiger partial charge in [0.2, 0.25) is 0 Å². The number of hydrogen-bond acceptors (Lipinski definition) is 7. The molecule has 299 valence electrons. The summed E-state index contributed by atoms with van der Waals surface area (Å²) in [6, 6.07) is 1.79. The van der Waals surface area contributed by atoms with Crippen LogP contribution in [0.4, 0.5) is 0 Å². The minimum absolute atomic E-state index is 0.00694. The number of hydrogen-bond donors (Lipinski definition) is 7. The molecule has 5 aliphatic carbocycles. The van der Waals surface area contributed by atoms with E-state index in [-0.39, 0.29) is 19.2 Å². The van der Waals surface area contributed by atoms with Gasteiger partial charge in [-0.3, -0.25) is 0 Å². The van der Waals surface area contributed by atoms with Gasteiger partial charge in [-0.25, -0.2) is 0 Å². The summed E-state index contributed by atoms with van der Waals surface area (Å²) in [4.78, 5) is 0. The Hall–Kier alpha value is 0.819. The zero-order valence-corrected chi connectivity index (χ0v) is 35.4. The van der Waals surface area contributed by atoms with Gasteiger partial charge in [-0.05, 0) is 156 Å². The molecule has 1 saturated heterocycles. The van der Waals surface area contributed by atoms with Gasteiger partial charge in [0.05, 0.1) is 6.10 Å². The van der Waals surface area contributed by atoms with E-state index in [4.69, 9.17) is 20.2 Å². The van der Waals surface area contributed by atoms with Crippen LogP contribution < -0.4 is 31.9 Å². The van der Waals surface area contributed by atoms with Crippen LogP contribution in [0.25, 0.3) is 0 Å². The molecule has 0 spiro atoms. The van der Waals surface area contributed by atoms with Crippen LogP contribution in [0, 0.1) is 46.3 Å². The molecule has 6 fully saturated rings. The Bertz CT molecular complexity index is 986. The van der Waals surface area contributed by atoms with E-state index in [2.05, 4.69) is 52.7 Å². The van der Waals surface area contributed by atoms with Crippen molar-refractivity contribution in [1.29, 1.82) is 0 Å². The molecule has 6 aliphatic rings. The monoisotopic (exact) mass is 795 g/mol. The normalized spacial score (nSPS) is 41.6. The summed E-state index contributed by atoms with van der Waals surface area (Å²) >= 11 is 0.00694. The SMILES string of the molecule is C[C@@H](CCCNCCC[C@H]1CN[C@@H]2CCCC[C@H]2NCCNCCNCCN1)[C@H]1CCC2C3CCC4C[C@H](O)CC[C@]4(C)C3CC[C@@]21C.[Cl][Mn][Cl]. The van der Waals surface area contributed by atoms with Gasteiger partial charge in [0.25, 0.3) is 0 Å². The summed E-state index contributed by atoms with van der Waals surface area (Å²) in [6.45, 7) is 17.7. The number of halogens is 2. The van der Waals surface area contributed by atoms with Crippen molar-refractivity contribution in [1.82, 2.24) is 31.9 Å². The van der Waals surface area contributed by atoms with Crippen molar-refractivity contribution in [3.8, 4) is 0 Å². The van der Waals surface area contributed by atoms with Crippen LogP contribution in [0.15, 0.2) is 0 Å². The first-order valence-corrected chi connectivity index (χ1v) is 24.9. The second kappa shape index (κ2) is 21.9. The molecule has 10 heteroatoms. The second-order valence-electron chi connectivity index (χ2n) is 18.4. The van der Waals surface area contributed by atoms with Crippen molar-refractivity contribution in [3.05, 3.63) is 0 Å². The second-order valence-corrected chi connectivity index (χ2v) is 20.3. The Morgan fingerprint density at radius 1 is 0.745 bits per heavy atom. The standard InChI is InChI=1S/C41H78N6O.2ClH.Mn/c1-30(35-14-15-36-34-13-12-31-28-33(48)16-18-40(31,2)37(34)17-19-41(35,36)3)8-6-20-42-21-7-9-32-29-47-39-11-5-4-10-38(39)46-27-25-44-23-22-43-24-26-45-32;;;/h30-39,42-48H,4-29H2,1-3H3;2*1H;/q;;;+2/p-2/t30-,31?,32-,33+,34?,35+,36?,37?,38+,39+,40-,41+;;;/m0.../s1. The average molecular weight is 797 g/mol. The van der Waals surface area contributed by atoms with Gasteiger partial charge in [0.15, 0.2) is 0 Å². The van der Waals surface area contributed by atoms with Gasteiger partial charge in [0.1, 0.15) is 0 Å². The Morgan fingerprint density at radius 2 is 1.39 bits per heavy atom. The molecule has 51 heavy (non-hydrogen) atoms. The molecule has 0 radical (unpaired) electrons. The molecule has 0 bridgehead atoms. The van der Waals surface area contributed by atoms with Crippen molar-refractivity contribution in [2.45, 2.75) is 154 Å². The van der Waals surface area contributed by atoms with E-state index in [1.54, 1.807) is 0 Å². The van der Waals surface area contributed by atoms with E-state index >= 15 is 0 Å². The van der Waals surface area contributed by atoms with Gasteiger partial charge in [-0.2, -0.15) is 0 Å². The molecular weight excluding hydrogens is 718 g/mol. The number of aliphatic hydroxyl groups is 1. The summed E-state index contributed by atoms with van der Waals surface area (Å²) in [6.07, 6.45) is 22.7. The maximum absolute atomic E-state index is 10.4. The molecule has 0 aromatic rings. The fourth-order valence-corrected chi connectivity index (χ4v) is 12.9. The molecule has 7 nitrogen and oxygen atoms in total. The van der Waals surface area contributed by atoms with Crippen molar-refractivity contribution >= 4 is 20.2 Å². The Morgan fingerprint density at radius 3 is 2.16 bits per heavy atom. The summed E-state index contributed by atoms with van der Waals surface area (Å²) in [5.74, 6) is 5.38. The van der Waals surface area contributed by atoms with Crippen LogP contribution in [0.2, 0.25) is 0 Å². The van der Waals surface area contributed by atoms with Gasteiger partial charge < -0.3 is 37.0 Å². The van der Waals surface area contributed by atoms with Crippen LogP contribution in [0.5, 0.6) is 0 Å². The van der Waals surface area contributed by atoms with Crippen LogP contribution in [0.1, 0.15) is 130 Å². The van der Waals surface area contributed by atoms with Gasteiger partial charge in [0, 0.05) is 63.9 Å². The minimum atomic E-state index is -0.0266. The van der Waals surface area contributed by atoms with Gasteiger partial charge in [-0.15, -0.1) is 0 Å². The van der Waals surface area contributed by atoms with Crippen LogP contribution >= 0.6 is 20.2 Å². The van der Waals surface area contributed by atoms with Crippen LogP contribution in [-0.4, -0.2) is 88.2 Å². The quantitative estimate of drug-likeness (QED) is 0.102. The number of aliphatic hydroxyl groups excluding tert-OH is 1. The third-order valence-electron chi connectivity index (χ3n) is 15.6. The molecule has 1 heterocycles. The van der Waals surface area contributed by atoms with E-state index in [1.807, 2.05) is 0 Å².